The van der Waals surface area contributed by atoms with Crippen LogP contribution >= 0.6 is 0 Å². The summed E-state index contributed by atoms with van der Waals surface area (Å²) in [5, 5.41) is 3.69. The molecule has 4 nitrogen and oxygen atoms in total. The number of amides is 1. The third kappa shape index (κ3) is 3.16. The predicted octanol–water partition coefficient (Wildman–Crippen LogP) is 4.28. The lowest BCUT2D eigenvalue weighted by Gasteiger charge is -2.34. The predicted molar refractivity (Wildman–Crippen MR) is 113 cm³/mol. The van der Waals surface area contributed by atoms with Gasteiger partial charge < -0.3 is 9.88 Å². The quantitative estimate of drug-likeness (QED) is 0.585. The third-order valence-corrected chi connectivity index (χ3v) is 5.69. The lowest BCUT2D eigenvalue weighted by Crippen LogP contribution is -2.48. The first-order valence-electron chi connectivity index (χ1n) is 9.84. The minimum absolute atomic E-state index is 0.0982. The van der Waals surface area contributed by atoms with Crippen LogP contribution in [0, 0.1) is 0 Å². The van der Waals surface area contributed by atoms with E-state index in [4.69, 9.17) is 0 Å². The second-order valence-electron chi connectivity index (χ2n) is 7.48. The molecule has 0 bridgehead atoms. The van der Waals surface area contributed by atoms with E-state index in [1.54, 1.807) is 0 Å². The van der Waals surface area contributed by atoms with Crippen LogP contribution in [0.2, 0.25) is 0 Å². The van der Waals surface area contributed by atoms with Crippen molar-refractivity contribution >= 4 is 27.6 Å². The summed E-state index contributed by atoms with van der Waals surface area (Å²) in [7, 11) is 0. The standard InChI is InChI=1S/C24H23N3O/c28-24(23-16-19-7-2-4-11-22(19)25-23)27-14-12-26(13-15-27)17-20-9-5-8-18-6-1-3-10-21(18)20/h1-11,16,25H,12-15,17H2. The number of hydrogen-bond donors (Lipinski definition) is 1. The summed E-state index contributed by atoms with van der Waals surface area (Å²) in [5.74, 6) is 0.0982. The smallest absolute Gasteiger partial charge is 0.270 e. The maximum atomic E-state index is 12.9. The van der Waals surface area contributed by atoms with E-state index in [0.717, 1.165) is 43.6 Å². The molecule has 2 heterocycles. The molecule has 3 aromatic carbocycles. The molecule has 0 saturated carbocycles. The second kappa shape index (κ2) is 7.13. The summed E-state index contributed by atoms with van der Waals surface area (Å²) in [6, 6.07) is 25.0. The Bertz CT molecular complexity index is 1100. The summed E-state index contributed by atoms with van der Waals surface area (Å²) >= 11 is 0. The molecule has 0 radical (unpaired) electrons. The number of aromatic amines is 1. The Hall–Kier alpha value is -3.11. The highest BCUT2D eigenvalue weighted by Gasteiger charge is 2.23. The highest BCUT2D eigenvalue weighted by molar-refractivity contribution is 5.98. The molecule has 4 heteroatoms. The van der Waals surface area contributed by atoms with Gasteiger partial charge in [-0.15, -0.1) is 0 Å². The van der Waals surface area contributed by atoms with Crippen molar-refractivity contribution in [1.82, 2.24) is 14.8 Å². The Morgan fingerprint density at radius 3 is 2.36 bits per heavy atom. The van der Waals surface area contributed by atoms with Crippen LogP contribution in [0.25, 0.3) is 21.7 Å². The molecule has 4 aromatic rings. The van der Waals surface area contributed by atoms with E-state index >= 15 is 0 Å². The van der Waals surface area contributed by atoms with Gasteiger partial charge in [0.25, 0.3) is 5.91 Å². The van der Waals surface area contributed by atoms with Crippen LogP contribution in [0.1, 0.15) is 16.1 Å². The number of nitrogens with zero attached hydrogens (tertiary/aromatic N) is 2. The fourth-order valence-corrected chi connectivity index (χ4v) is 4.14. The summed E-state index contributed by atoms with van der Waals surface area (Å²) in [6.07, 6.45) is 0. The van der Waals surface area contributed by atoms with Crippen molar-refractivity contribution in [2.45, 2.75) is 6.54 Å². The largest absolute Gasteiger partial charge is 0.351 e. The summed E-state index contributed by atoms with van der Waals surface area (Å²) in [5.41, 5.74) is 3.05. The Labute approximate surface area is 164 Å². The first kappa shape index (κ1) is 17.0. The van der Waals surface area contributed by atoms with E-state index in [9.17, 15) is 4.79 Å². The van der Waals surface area contributed by atoms with Gasteiger partial charge in [0.15, 0.2) is 0 Å². The molecule has 28 heavy (non-hydrogen) atoms. The van der Waals surface area contributed by atoms with E-state index < -0.39 is 0 Å². The second-order valence-corrected chi connectivity index (χ2v) is 7.48. The number of fused-ring (bicyclic) bond motifs is 2. The monoisotopic (exact) mass is 369 g/mol. The minimum atomic E-state index is 0.0982. The van der Waals surface area contributed by atoms with Gasteiger partial charge in [0, 0.05) is 43.6 Å². The summed E-state index contributed by atoms with van der Waals surface area (Å²) in [6.45, 7) is 4.25. The van der Waals surface area contributed by atoms with Crippen molar-refractivity contribution in [2.75, 3.05) is 26.2 Å². The zero-order chi connectivity index (χ0) is 18.9. The lowest BCUT2D eigenvalue weighted by molar-refractivity contribution is 0.0624. The van der Waals surface area contributed by atoms with Gasteiger partial charge in [-0.3, -0.25) is 9.69 Å². The highest BCUT2D eigenvalue weighted by Crippen LogP contribution is 2.21. The highest BCUT2D eigenvalue weighted by atomic mass is 16.2. The molecule has 1 saturated heterocycles. The number of benzene rings is 3. The van der Waals surface area contributed by atoms with Crippen molar-refractivity contribution in [3.63, 3.8) is 0 Å². The SMILES string of the molecule is O=C(c1cc2ccccc2[nH]1)N1CCN(Cc2cccc3ccccc23)CC1. The lowest BCUT2D eigenvalue weighted by atomic mass is 10.0. The van der Waals surface area contributed by atoms with Gasteiger partial charge in [-0.05, 0) is 28.5 Å². The van der Waals surface area contributed by atoms with Crippen molar-refractivity contribution in [3.05, 3.63) is 84.1 Å². The maximum absolute atomic E-state index is 12.9. The fourth-order valence-electron chi connectivity index (χ4n) is 4.14. The Balaban J connectivity index is 1.26. The average Bonchev–Trinajstić information content (AvgIpc) is 3.18. The number of para-hydroxylation sites is 1. The number of rotatable bonds is 3. The fraction of sp³-hybridized carbons (Fsp3) is 0.208. The Morgan fingerprint density at radius 2 is 1.54 bits per heavy atom. The van der Waals surface area contributed by atoms with Crippen LogP contribution in [0.5, 0.6) is 0 Å². The van der Waals surface area contributed by atoms with Crippen LogP contribution in [-0.2, 0) is 6.54 Å². The van der Waals surface area contributed by atoms with Crippen molar-refractivity contribution in [1.29, 1.82) is 0 Å². The van der Waals surface area contributed by atoms with Crippen LogP contribution in [-0.4, -0.2) is 46.9 Å². The molecule has 5 rings (SSSR count). The molecule has 1 aliphatic rings. The molecule has 140 valence electrons. The molecule has 1 amide bonds. The molecule has 1 aliphatic heterocycles. The zero-order valence-electron chi connectivity index (χ0n) is 15.8. The van der Waals surface area contributed by atoms with Gasteiger partial charge in [0.05, 0.1) is 0 Å². The zero-order valence-corrected chi connectivity index (χ0v) is 15.8. The number of H-pyrrole nitrogens is 1. The van der Waals surface area contributed by atoms with Gasteiger partial charge in [-0.1, -0.05) is 60.7 Å². The summed E-state index contributed by atoms with van der Waals surface area (Å²) in [4.78, 5) is 20.5. The van der Waals surface area contributed by atoms with E-state index in [-0.39, 0.29) is 5.91 Å². The van der Waals surface area contributed by atoms with E-state index in [2.05, 4.69) is 52.3 Å². The minimum Gasteiger partial charge on any atom is -0.351 e. The molecule has 0 spiro atoms. The van der Waals surface area contributed by atoms with E-state index in [1.165, 1.54) is 16.3 Å². The van der Waals surface area contributed by atoms with Gasteiger partial charge >= 0.3 is 0 Å². The topological polar surface area (TPSA) is 39.3 Å². The molecule has 1 fully saturated rings. The van der Waals surface area contributed by atoms with E-state index in [1.807, 2.05) is 35.2 Å². The number of hydrogen-bond acceptors (Lipinski definition) is 2. The average molecular weight is 369 g/mol. The van der Waals surface area contributed by atoms with Crippen molar-refractivity contribution in [2.24, 2.45) is 0 Å². The number of nitrogens with one attached hydrogen (secondary N) is 1. The van der Waals surface area contributed by atoms with Gasteiger partial charge in [-0.2, -0.15) is 0 Å². The molecule has 0 aliphatic carbocycles. The maximum Gasteiger partial charge on any atom is 0.270 e. The van der Waals surface area contributed by atoms with Gasteiger partial charge in [0.1, 0.15) is 5.69 Å². The van der Waals surface area contributed by atoms with E-state index in [0.29, 0.717) is 5.69 Å². The third-order valence-electron chi connectivity index (χ3n) is 5.69. The normalized spacial score (nSPS) is 15.4. The summed E-state index contributed by atoms with van der Waals surface area (Å²) < 4.78 is 0. The van der Waals surface area contributed by atoms with Gasteiger partial charge in [-0.25, -0.2) is 0 Å². The first-order chi connectivity index (χ1) is 13.8. The van der Waals surface area contributed by atoms with Crippen LogP contribution in [0.15, 0.2) is 72.8 Å². The number of piperazine rings is 1. The number of aromatic nitrogens is 1. The van der Waals surface area contributed by atoms with Crippen LogP contribution in [0.3, 0.4) is 0 Å². The molecule has 1 N–H and O–H groups in total. The van der Waals surface area contributed by atoms with Crippen LogP contribution in [0.4, 0.5) is 0 Å². The number of carbonyl (C=O) groups excluding carboxylic acids is 1. The molecular weight excluding hydrogens is 346 g/mol. The van der Waals surface area contributed by atoms with Crippen molar-refractivity contribution in [3.8, 4) is 0 Å². The van der Waals surface area contributed by atoms with Gasteiger partial charge in [0.2, 0.25) is 0 Å². The molecule has 1 aromatic heterocycles. The molecular formula is C24H23N3O. The van der Waals surface area contributed by atoms with Crippen molar-refractivity contribution < 1.29 is 4.79 Å². The Morgan fingerprint density at radius 1 is 0.821 bits per heavy atom. The Kier molecular flexibility index (Phi) is 4.34. The molecule has 0 unspecified atom stereocenters. The molecule has 0 atom stereocenters. The first-order valence-corrected chi connectivity index (χ1v) is 9.84. The van der Waals surface area contributed by atoms with Crippen LogP contribution < -0.4 is 0 Å². The number of carbonyl (C=O) groups is 1.